The van der Waals surface area contributed by atoms with Crippen LogP contribution in [-0.4, -0.2) is 27.6 Å². The minimum atomic E-state index is -0.195. The highest BCUT2D eigenvalue weighted by Crippen LogP contribution is 2.22. The predicted octanol–water partition coefficient (Wildman–Crippen LogP) is 4.84. The first-order chi connectivity index (χ1) is 14.0. The molecule has 0 bridgehead atoms. The lowest BCUT2D eigenvalue weighted by Crippen LogP contribution is -2.27. The monoisotopic (exact) mass is 457 g/mol. The molecule has 29 heavy (non-hydrogen) atoms. The Labute approximate surface area is 178 Å². The van der Waals surface area contributed by atoms with Crippen molar-refractivity contribution in [3.8, 4) is 5.75 Å². The molecule has 0 aliphatic rings. The van der Waals surface area contributed by atoms with E-state index in [9.17, 15) is 4.79 Å². The van der Waals surface area contributed by atoms with Crippen LogP contribution in [0.5, 0.6) is 5.75 Å². The molecule has 2 aromatic heterocycles. The number of para-hydroxylation sites is 1. The van der Waals surface area contributed by atoms with Gasteiger partial charge in [-0.15, -0.1) is 6.58 Å². The Morgan fingerprint density at radius 1 is 1.34 bits per heavy atom. The first kappa shape index (κ1) is 20.9. The molecule has 7 heteroatoms. The van der Waals surface area contributed by atoms with Crippen LogP contribution in [0.15, 0.2) is 64.1 Å². The largest absolute Gasteiger partial charge is 0.485 e. The molecule has 6 nitrogen and oxygen atoms in total. The van der Waals surface area contributed by atoms with Gasteiger partial charge in [-0.1, -0.05) is 24.3 Å². The second-order valence-electron chi connectivity index (χ2n) is 6.57. The van der Waals surface area contributed by atoms with Crippen LogP contribution in [0.25, 0.3) is 0 Å². The van der Waals surface area contributed by atoms with Gasteiger partial charge >= 0.3 is 0 Å². The zero-order valence-corrected chi connectivity index (χ0v) is 18.2. The maximum Gasteiger partial charge on any atom is 0.289 e. The fourth-order valence-corrected chi connectivity index (χ4v) is 3.41. The molecule has 0 aliphatic heterocycles. The number of carbonyl (C=O) groups is 1. The van der Waals surface area contributed by atoms with Gasteiger partial charge in [-0.25, -0.2) is 0 Å². The molecular weight excluding hydrogens is 434 g/mol. The van der Waals surface area contributed by atoms with Crippen LogP contribution in [0, 0.1) is 0 Å². The number of carbonyl (C=O) groups excluding carboxylic acids is 1. The highest BCUT2D eigenvalue weighted by Gasteiger charge is 2.19. The summed E-state index contributed by atoms with van der Waals surface area (Å²) in [4.78, 5) is 14.4. The Hall–Kier alpha value is -2.80. The minimum Gasteiger partial charge on any atom is -0.485 e. The van der Waals surface area contributed by atoms with Gasteiger partial charge in [-0.05, 0) is 53.0 Å². The molecule has 0 unspecified atom stereocenters. The molecule has 3 rings (SSSR count). The predicted molar refractivity (Wildman–Crippen MR) is 115 cm³/mol. The van der Waals surface area contributed by atoms with Crippen molar-refractivity contribution < 1.29 is 13.9 Å². The SMILES string of the molecule is C=CCc1ccccc1OCc1ccc(C(=O)N(C)Cc2c(Br)cnn2CC)o1. The average Bonchev–Trinajstić information content (AvgIpc) is 3.34. The van der Waals surface area contributed by atoms with Gasteiger partial charge in [0.25, 0.3) is 5.91 Å². The van der Waals surface area contributed by atoms with Crippen molar-refractivity contribution in [1.29, 1.82) is 0 Å². The molecule has 1 amide bonds. The fraction of sp³-hybridized carbons (Fsp3) is 0.273. The third-order valence-electron chi connectivity index (χ3n) is 4.51. The molecule has 1 aromatic carbocycles. The standard InChI is InChI=1S/C22H24BrN3O3/c1-4-8-16-9-6-7-10-20(16)28-15-17-11-12-21(29-17)22(27)25(3)14-19-18(23)13-24-26(19)5-2/h4,6-7,9-13H,1,5,8,14-15H2,2-3H3. The first-order valence-electron chi connectivity index (χ1n) is 9.39. The minimum absolute atomic E-state index is 0.195. The van der Waals surface area contributed by atoms with E-state index in [0.29, 0.717) is 12.3 Å². The summed E-state index contributed by atoms with van der Waals surface area (Å²) in [6.07, 6.45) is 4.31. The summed E-state index contributed by atoms with van der Waals surface area (Å²) in [6, 6.07) is 11.3. The molecule has 152 valence electrons. The third-order valence-corrected chi connectivity index (χ3v) is 5.17. The van der Waals surface area contributed by atoms with Gasteiger partial charge in [0.1, 0.15) is 18.1 Å². The lowest BCUT2D eigenvalue weighted by Gasteiger charge is -2.17. The zero-order chi connectivity index (χ0) is 20.8. The van der Waals surface area contributed by atoms with Gasteiger partial charge in [0, 0.05) is 13.6 Å². The quantitative estimate of drug-likeness (QED) is 0.431. The summed E-state index contributed by atoms with van der Waals surface area (Å²) in [5.74, 6) is 1.46. The van der Waals surface area contributed by atoms with Crippen LogP contribution >= 0.6 is 15.9 Å². The highest BCUT2D eigenvalue weighted by atomic mass is 79.9. The highest BCUT2D eigenvalue weighted by molar-refractivity contribution is 9.10. The molecule has 0 spiro atoms. The van der Waals surface area contributed by atoms with E-state index in [1.54, 1.807) is 30.3 Å². The maximum absolute atomic E-state index is 12.7. The Balaban J connectivity index is 1.64. The topological polar surface area (TPSA) is 60.5 Å². The van der Waals surface area contributed by atoms with Gasteiger partial charge < -0.3 is 14.1 Å². The number of rotatable bonds is 9. The van der Waals surface area contributed by atoms with Gasteiger partial charge in [0.2, 0.25) is 0 Å². The Morgan fingerprint density at radius 3 is 2.90 bits per heavy atom. The summed E-state index contributed by atoms with van der Waals surface area (Å²) in [7, 11) is 1.74. The van der Waals surface area contributed by atoms with E-state index in [4.69, 9.17) is 9.15 Å². The lowest BCUT2D eigenvalue weighted by atomic mass is 10.1. The van der Waals surface area contributed by atoms with Crippen molar-refractivity contribution in [2.24, 2.45) is 0 Å². The number of allylic oxidation sites excluding steroid dienone is 1. The maximum atomic E-state index is 12.7. The van der Waals surface area contributed by atoms with E-state index in [2.05, 4.69) is 27.6 Å². The normalized spacial score (nSPS) is 10.7. The van der Waals surface area contributed by atoms with Crippen molar-refractivity contribution in [2.45, 2.75) is 33.0 Å². The second-order valence-corrected chi connectivity index (χ2v) is 7.43. The van der Waals surface area contributed by atoms with Crippen LogP contribution in [0.2, 0.25) is 0 Å². The van der Waals surface area contributed by atoms with Gasteiger partial charge in [-0.2, -0.15) is 5.10 Å². The first-order valence-corrected chi connectivity index (χ1v) is 10.2. The summed E-state index contributed by atoms with van der Waals surface area (Å²) >= 11 is 3.49. The van der Waals surface area contributed by atoms with Crippen LogP contribution in [0.4, 0.5) is 0 Å². The number of hydrogen-bond acceptors (Lipinski definition) is 4. The van der Waals surface area contributed by atoms with E-state index in [1.165, 1.54) is 0 Å². The van der Waals surface area contributed by atoms with E-state index >= 15 is 0 Å². The lowest BCUT2D eigenvalue weighted by molar-refractivity contribution is 0.0745. The molecule has 0 saturated carbocycles. The molecule has 3 aromatic rings. The number of aromatic nitrogens is 2. The van der Waals surface area contributed by atoms with Gasteiger partial charge in [0.15, 0.2) is 5.76 Å². The molecule has 0 radical (unpaired) electrons. The van der Waals surface area contributed by atoms with E-state index in [1.807, 2.05) is 41.9 Å². The Bertz CT molecular complexity index is 993. The van der Waals surface area contributed by atoms with Crippen LogP contribution in [0.3, 0.4) is 0 Å². The number of halogens is 1. The van der Waals surface area contributed by atoms with Crippen molar-refractivity contribution >= 4 is 21.8 Å². The van der Waals surface area contributed by atoms with Crippen molar-refractivity contribution in [1.82, 2.24) is 14.7 Å². The van der Waals surface area contributed by atoms with E-state index < -0.39 is 0 Å². The van der Waals surface area contributed by atoms with E-state index in [0.717, 1.165) is 34.4 Å². The number of amides is 1. The van der Waals surface area contributed by atoms with Crippen molar-refractivity contribution in [3.63, 3.8) is 0 Å². The van der Waals surface area contributed by atoms with Gasteiger partial charge in [-0.3, -0.25) is 9.48 Å². The summed E-state index contributed by atoms with van der Waals surface area (Å²) in [5.41, 5.74) is 2.00. The summed E-state index contributed by atoms with van der Waals surface area (Å²) in [6.45, 7) is 7.19. The van der Waals surface area contributed by atoms with Gasteiger partial charge in [0.05, 0.1) is 22.9 Å². The number of furan rings is 1. The zero-order valence-electron chi connectivity index (χ0n) is 16.6. The second kappa shape index (κ2) is 9.60. The number of aryl methyl sites for hydroxylation is 1. The molecular formula is C22H24BrN3O3. The molecule has 2 heterocycles. The average molecular weight is 458 g/mol. The number of hydrogen-bond donors (Lipinski definition) is 0. The molecule has 0 N–H and O–H groups in total. The molecule has 0 fully saturated rings. The number of ether oxygens (including phenoxy) is 1. The van der Waals surface area contributed by atoms with Crippen LogP contribution in [0.1, 0.15) is 34.5 Å². The Morgan fingerprint density at radius 2 is 2.14 bits per heavy atom. The number of nitrogens with zero attached hydrogens (tertiary/aromatic N) is 3. The smallest absolute Gasteiger partial charge is 0.289 e. The Kier molecular flexibility index (Phi) is 6.93. The number of benzene rings is 1. The van der Waals surface area contributed by atoms with Crippen molar-refractivity contribution in [3.05, 3.63) is 82.5 Å². The fourth-order valence-electron chi connectivity index (χ4n) is 2.99. The molecule has 0 atom stereocenters. The summed E-state index contributed by atoms with van der Waals surface area (Å²) < 4.78 is 14.3. The summed E-state index contributed by atoms with van der Waals surface area (Å²) in [5, 5.41) is 4.28. The molecule has 0 saturated heterocycles. The molecule has 0 aliphatic carbocycles. The van der Waals surface area contributed by atoms with E-state index in [-0.39, 0.29) is 18.3 Å². The van der Waals surface area contributed by atoms with Crippen molar-refractivity contribution in [2.75, 3.05) is 7.05 Å². The van der Waals surface area contributed by atoms with Crippen LogP contribution < -0.4 is 4.74 Å². The van der Waals surface area contributed by atoms with Crippen LogP contribution in [-0.2, 0) is 26.1 Å². The third kappa shape index (κ3) is 4.98.